The molecule has 6 heteroatoms. The van der Waals surface area contributed by atoms with E-state index in [4.69, 9.17) is 16.3 Å². The van der Waals surface area contributed by atoms with Gasteiger partial charge in [0.2, 0.25) is 0 Å². The van der Waals surface area contributed by atoms with Crippen LogP contribution in [-0.4, -0.2) is 54.5 Å². The highest BCUT2D eigenvalue weighted by atomic mass is 35.5. The first kappa shape index (κ1) is 15.8. The third kappa shape index (κ3) is 2.90. The Balaban J connectivity index is 2.07. The standard InChI is InChI=1S/C17H17ClN2O3/c1-2-7-20-16(21)14(12-3-5-13(18)6-4-12)15(17(20)22)19-8-10-23-11-9-19/h2-6H,1,7-11H2. The van der Waals surface area contributed by atoms with E-state index in [1.807, 2.05) is 4.90 Å². The topological polar surface area (TPSA) is 49.9 Å². The molecule has 0 aromatic heterocycles. The molecule has 120 valence electrons. The largest absolute Gasteiger partial charge is 0.378 e. The molecule has 1 fully saturated rings. The third-order valence-corrected chi connectivity index (χ3v) is 4.17. The number of hydrogen-bond donors (Lipinski definition) is 0. The zero-order valence-corrected chi connectivity index (χ0v) is 13.4. The lowest BCUT2D eigenvalue weighted by Crippen LogP contribution is -2.40. The molecular formula is C17H17ClN2O3. The van der Waals surface area contributed by atoms with E-state index < -0.39 is 0 Å². The number of carbonyl (C=O) groups excluding carboxylic acids is 2. The highest BCUT2D eigenvalue weighted by Gasteiger charge is 2.41. The van der Waals surface area contributed by atoms with Crippen LogP contribution < -0.4 is 0 Å². The minimum absolute atomic E-state index is 0.197. The summed E-state index contributed by atoms with van der Waals surface area (Å²) >= 11 is 5.93. The monoisotopic (exact) mass is 332 g/mol. The van der Waals surface area contributed by atoms with Gasteiger partial charge in [0.15, 0.2) is 0 Å². The number of ether oxygens (including phenoxy) is 1. The van der Waals surface area contributed by atoms with Crippen LogP contribution in [0.3, 0.4) is 0 Å². The third-order valence-electron chi connectivity index (χ3n) is 3.92. The number of hydrogen-bond acceptors (Lipinski definition) is 4. The van der Waals surface area contributed by atoms with E-state index in [2.05, 4.69) is 6.58 Å². The van der Waals surface area contributed by atoms with Crippen molar-refractivity contribution in [3.63, 3.8) is 0 Å². The summed E-state index contributed by atoms with van der Waals surface area (Å²) in [4.78, 5) is 28.7. The van der Waals surface area contributed by atoms with Crippen LogP contribution in [0.5, 0.6) is 0 Å². The molecule has 2 aliphatic rings. The quantitative estimate of drug-likeness (QED) is 0.624. The smallest absolute Gasteiger partial charge is 0.278 e. The Kier molecular flexibility index (Phi) is 4.50. The van der Waals surface area contributed by atoms with Crippen molar-refractivity contribution >= 4 is 29.0 Å². The van der Waals surface area contributed by atoms with E-state index in [-0.39, 0.29) is 18.4 Å². The fraction of sp³-hybridized carbons (Fsp3) is 0.294. The summed E-state index contributed by atoms with van der Waals surface area (Å²) in [5, 5.41) is 0.585. The second-order valence-electron chi connectivity index (χ2n) is 5.34. The zero-order valence-electron chi connectivity index (χ0n) is 12.6. The summed E-state index contributed by atoms with van der Waals surface area (Å²) in [5.74, 6) is -0.569. The van der Waals surface area contributed by atoms with Crippen molar-refractivity contribution in [3.8, 4) is 0 Å². The van der Waals surface area contributed by atoms with E-state index in [0.29, 0.717) is 48.2 Å². The second-order valence-corrected chi connectivity index (χ2v) is 5.78. The maximum absolute atomic E-state index is 12.8. The molecule has 5 nitrogen and oxygen atoms in total. The molecule has 0 atom stereocenters. The van der Waals surface area contributed by atoms with Gasteiger partial charge in [0.25, 0.3) is 11.8 Å². The molecule has 0 bridgehead atoms. The summed E-state index contributed by atoms with van der Waals surface area (Å²) in [5.41, 5.74) is 1.57. The first-order chi connectivity index (χ1) is 11.1. The van der Waals surface area contributed by atoms with Crippen molar-refractivity contribution in [1.29, 1.82) is 0 Å². The number of nitrogens with zero attached hydrogens (tertiary/aromatic N) is 2. The minimum atomic E-state index is -0.293. The Morgan fingerprint density at radius 3 is 2.39 bits per heavy atom. The van der Waals surface area contributed by atoms with Crippen LogP contribution in [0.25, 0.3) is 5.57 Å². The predicted octanol–water partition coefficient (Wildman–Crippen LogP) is 1.94. The number of rotatable bonds is 4. The fourth-order valence-electron chi connectivity index (χ4n) is 2.82. The minimum Gasteiger partial charge on any atom is -0.378 e. The van der Waals surface area contributed by atoms with Gasteiger partial charge in [-0.15, -0.1) is 6.58 Å². The number of halogens is 1. The van der Waals surface area contributed by atoms with Crippen LogP contribution in [0.15, 0.2) is 42.6 Å². The van der Waals surface area contributed by atoms with Gasteiger partial charge in [-0.1, -0.05) is 29.8 Å². The van der Waals surface area contributed by atoms with E-state index in [1.54, 1.807) is 30.3 Å². The van der Waals surface area contributed by atoms with Gasteiger partial charge in [-0.05, 0) is 17.7 Å². The van der Waals surface area contributed by atoms with Crippen molar-refractivity contribution < 1.29 is 14.3 Å². The van der Waals surface area contributed by atoms with E-state index in [0.717, 1.165) is 0 Å². The second kappa shape index (κ2) is 6.56. The molecule has 2 aliphatic heterocycles. The highest BCUT2D eigenvalue weighted by Crippen LogP contribution is 2.32. The maximum atomic E-state index is 12.8. The molecule has 2 amide bonds. The molecule has 1 aromatic rings. The summed E-state index contributed by atoms with van der Waals surface area (Å²) in [6.45, 7) is 6.09. The Morgan fingerprint density at radius 2 is 1.78 bits per heavy atom. The first-order valence-electron chi connectivity index (χ1n) is 7.43. The Labute approximate surface area is 139 Å². The Morgan fingerprint density at radius 1 is 1.13 bits per heavy atom. The average molecular weight is 333 g/mol. The molecule has 0 N–H and O–H groups in total. The fourth-order valence-corrected chi connectivity index (χ4v) is 2.94. The van der Waals surface area contributed by atoms with Gasteiger partial charge in [-0.25, -0.2) is 0 Å². The number of morpholine rings is 1. The molecule has 0 spiro atoms. The zero-order chi connectivity index (χ0) is 16.4. The number of benzene rings is 1. The molecule has 0 aliphatic carbocycles. The van der Waals surface area contributed by atoms with Crippen molar-refractivity contribution in [2.45, 2.75) is 0 Å². The average Bonchev–Trinajstić information content (AvgIpc) is 2.81. The first-order valence-corrected chi connectivity index (χ1v) is 7.81. The summed E-state index contributed by atoms with van der Waals surface area (Å²) in [6.07, 6.45) is 1.55. The van der Waals surface area contributed by atoms with Gasteiger partial charge in [-0.3, -0.25) is 14.5 Å². The molecule has 0 saturated carbocycles. The molecule has 1 aromatic carbocycles. The molecule has 23 heavy (non-hydrogen) atoms. The van der Waals surface area contributed by atoms with Gasteiger partial charge < -0.3 is 9.64 Å². The predicted molar refractivity (Wildman–Crippen MR) is 87.7 cm³/mol. The molecule has 2 heterocycles. The van der Waals surface area contributed by atoms with Crippen molar-refractivity contribution in [3.05, 3.63) is 53.2 Å². The number of carbonyl (C=O) groups is 2. The van der Waals surface area contributed by atoms with Gasteiger partial charge in [0.1, 0.15) is 5.70 Å². The van der Waals surface area contributed by atoms with Gasteiger partial charge >= 0.3 is 0 Å². The van der Waals surface area contributed by atoms with Crippen molar-refractivity contribution in [1.82, 2.24) is 9.80 Å². The van der Waals surface area contributed by atoms with Crippen LogP contribution in [0.1, 0.15) is 5.56 Å². The van der Waals surface area contributed by atoms with Crippen LogP contribution in [0.2, 0.25) is 5.02 Å². The molecule has 0 radical (unpaired) electrons. The van der Waals surface area contributed by atoms with E-state index in [9.17, 15) is 9.59 Å². The summed E-state index contributed by atoms with van der Waals surface area (Å²) < 4.78 is 5.34. The van der Waals surface area contributed by atoms with Crippen molar-refractivity contribution in [2.75, 3.05) is 32.8 Å². The normalized spacial score (nSPS) is 18.8. The van der Waals surface area contributed by atoms with Crippen LogP contribution in [-0.2, 0) is 14.3 Å². The lowest BCUT2D eigenvalue weighted by molar-refractivity contribution is -0.137. The molecule has 1 saturated heterocycles. The molecular weight excluding hydrogens is 316 g/mol. The Bertz CT molecular complexity index is 676. The SMILES string of the molecule is C=CCN1C(=O)C(c2ccc(Cl)cc2)=C(N2CCOCC2)C1=O. The van der Waals surface area contributed by atoms with Crippen molar-refractivity contribution in [2.24, 2.45) is 0 Å². The van der Waals surface area contributed by atoms with Crippen LogP contribution in [0, 0.1) is 0 Å². The van der Waals surface area contributed by atoms with Gasteiger partial charge in [0.05, 0.1) is 18.8 Å². The Hall–Kier alpha value is -2.11. The number of amides is 2. The molecule has 3 rings (SSSR count). The highest BCUT2D eigenvalue weighted by molar-refractivity contribution is 6.36. The van der Waals surface area contributed by atoms with Crippen LogP contribution >= 0.6 is 11.6 Å². The summed E-state index contributed by atoms with van der Waals surface area (Å²) in [6, 6.07) is 6.96. The number of imide groups is 1. The molecule has 0 unspecified atom stereocenters. The van der Waals surface area contributed by atoms with Crippen LogP contribution in [0.4, 0.5) is 0 Å². The van der Waals surface area contributed by atoms with E-state index in [1.165, 1.54) is 4.90 Å². The summed E-state index contributed by atoms with van der Waals surface area (Å²) in [7, 11) is 0. The van der Waals surface area contributed by atoms with Gasteiger partial charge in [0, 0.05) is 24.7 Å². The lowest BCUT2D eigenvalue weighted by Gasteiger charge is -2.29. The van der Waals surface area contributed by atoms with E-state index >= 15 is 0 Å². The maximum Gasteiger partial charge on any atom is 0.278 e. The lowest BCUT2D eigenvalue weighted by atomic mass is 10.0. The van der Waals surface area contributed by atoms with Gasteiger partial charge in [-0.2, -0.15) is 0 Å².